The Morgan fingerprint density at radius 3 is 2.65 bits per heavy atom. The number of nitrogens with zero attached hydrogens (tertiary/aromatic N) is 4. The van der Waals surface area contributed by atoms with Crippen LogP contribution in [0.25, 0.3) is 5.69 Å². The first-order valence-electron chi connectivity index (χ1n) is 5.69. The minimum absolute atomic E-state index is 0.300. The first-order chi connectivity index (χ1) is 8.11. The number of hydrogen-bond acceptors (Lipinski definition) is 4. The van der Waals surface area contributed by atoms with Crippen LogP contribution in [0.15, 0.2) is 18.6 Å². The van der Waals surface area contributed by atoms with Gasteiger partial charge in [0.05, 0.1) is 18.1 Å². The lowest BCUT2D eigenvalue weighted by Gasteiger charge is -2.10. The lowest BCUT2D eigenvalue weighted by atomic mass is 10.2. The van der Waals surface area contributed by atoms with Crippen molar-refractivity contribution in [2.24, 2.45) is 5.73 Å². The van der Waals surface area contributed by atoms with Crippen LogP contribution in [-0.2, 0) is 6.54 Å². The summed E-state index contributed by atoms with van der Waals surface area (Å²) in [5, 5.41) is 4.25. The molecule has 2 N–H and O–H groups in total. The smallest absolute Gasteiger partial charge is 0.131 e. The molecule has 2 heterocycles. The topological polar surface area (TPSA) is 69.6 Å². The molecule has 0 aliphatic carbocycles. The van der Waals surface area contributed by atoms with Gasteiger partial charge in [-0.2, -0.15) is 5.10 Å². The predicted octanol–water partition coefficient (Wildman–Crippen LogP) is 1.55. The van der Waals surface area contributed by atoms with Crippen molar-refractivity contribution in [3.8, 4) is 5.69 Å². The molecule has 0 aliphatic heterocycles. The summed E-state index contributed by atoms with van der Waals surface area (Å²) in [5.41, 5.74) is 8.51. The van der Waals surface area contributed by atoms with Crippen LogP contribution in [0.5, 0.6) is 0 Å². The zero-order chi connectivity index (χ0) is 12.4. The highest BCUT2D eigenvalue weighted by Crippen LogP contribution is 2.15. The fourth-order valence-corrected chi connectivity index (χ4v) is 1.59. The maximum Gasteiger partial charge on any atom is 0.131 e. The van der Waals surface area contributed by atoms with E-state index in [0.29, 0.717) is 12.5 Å². The van der Waals surface area contributed by atoms with Gasteiger partial charge in [-0.25, -0.2) is 14.6 Å². The minimum atomic E-state index is 0.300. The van der Waals surface area contributed by atoms with Crippen LogP contribution in [0.2, 0.25) is 0 Å². The quantitative estimate of drug-likeness (QED) is 0.870. The Hall–Kier alpha value is -1.75. The van der Waals surface area contributed by atoms with Crippen LogP contribution >= 0.6 is 0 Å². The molecule has 0 unspecified atom stereocenters. The van der Waals surface area contributed by atoms with Crippen molar-refractivity contribution < 1.29 is 0 Å². The monoisotopic (exact) mass is 231 g/mol. The highest BCUT2D eigenvalue weighted by atomic mass is 15.3. The van der Waals surface area contributed by atoms with Gasteiger partial charge >= 0.3 is 0 Å². The fourth-order valence-electron chi connectivity index (χ4n) is 1.59. The molecule has 0 aliphatic rings. The molecule has 0 radical (unpaired) electrons. The summed E-state index contributed by atoms with van der Waals surface area (Å²) in [6, 6.07) is 0. The molecule has 0 aromatic carbocycles. The molecule has 90 valence electrons. The molecule has 0 atom stereocenters. The highest BCUT2D eigenvalue weighted by Gasteiger charge is 2.10. The second-order valence-electron chi connectivity index (χ2n) is 4.38. The van der Waals surface area contributed by atoms with Gasteiger partial charge in [0, 0.05) is 18.7 Å². The lowest BCUT2D eigenvalue weighted by molar-refractivity contribution is 0.737. The molecule has 0 amide bonds. The molecule has 5 heteroatoms. The van der Waals surface area contributed by atoms with Gasteiger partial charge in [0.2, 0.25) is 0 Å². The van der Waals surface area contributed by atoms with Crippen molar-refractivity contribution in [3.63, 3.8) is 0 Å². The maximum atomic E-state index is 5.73. The summed E-state index contributed by atoms with van der Waals surface area (Å²) in [5.74, 6) is 1.12. The summed E-state index contributed by atoms with van der Waals surface area (Å²) in [6.07, 6.45) is 5.53. The van der Waals surface area contributed by atoms with Crippen molar-refractivity contribution in [1.29, 1.82) is 0 Å². The molecule has 5 nitrogen and oxygen atoms in total. The van der Waals surface area contributed by atoms with E-state index in [1.54, 1.807) is 17.1 Å². The molecule has 2 aromatic rings. The highest BCUT2D eigenvalue weighted by molar-refractivity contribution is 5.34. The first kappa shape index (κ1) is 11.7. The minimum Gasteiger partial charge on any atom is -0.325 e. The van der Waals surface area contributed by atoms with Crippen molar-refractivity contribution in [2.45, 2.75) is 33.2 Å². The zero-order valence-electron chi connectivity index (χ0n) is 10.4. The zero-order valence-corrected chi connectivity index (χ0v) is 10.4. The van der Waals surface area contributed by atoms with Crippen molar-refractivity contribution >= 4 is 0 Å². The first-order valence-corrected chi connectivity index (χ1v) is 5.69. The Kier molecular flexibility index (Phi) is 3.19. The van der Waals surface area contributed by atoms with E-state index in [0.717, 1.165) is 22.8 Å². The average Bonchev–Trinajstić information content (AvgIpc) is 2.74. The molecule has 0 fully saturated rings. The molecule has 2 aromatic heterocycles. The Labute approximate surface area is 101 Å². The Balaban J connectivity index is 2.48. The average molecular weight is 231 g/mol. The van der Waals surface area contributed by atoms with Crippen molar-refractivity contribution in [1.82, 2.24) is 19.7 Å². The summed E-state index contributed by atoms with van der Waals surface area (Å²) in [4.78, 5) is 8.82. The van der Waals surface area contributed by atoms with Gasteiger partial charge in [0.25, 0.3) is 0 Å². The molecular weight excluding hydrogens is 214 g/mol. The van der Waals surface area contributed by atoms with Crippen LogP contribution in [-0.4, -0.2) is 19.7 Å². The normalized spacial score (nSPS) is 11.1. The molecule has 2 rings (SSSR count). The fraction of sp³-hybridized carbons (Fsp3) is 0.417. The third kappa shape index (κ3) is 2.34. The van der Waals surface area contributed by atoms with Gasteiger partial charge in [0.15, 0.2) is 0 Å². The molecule has 0 spiro atoms. The van der Waals surface area contributed by atoms with Crippen molar-refractivity contribution in [3.05, 3.63) is 35.7 Å². The molecule has 17 heavy (non-hydrogen) atoms. The Bertz CT molecular complexity index is 515. The number of hydrogen-bond donors (Lipinski definition) is 1. The number of nitrogens with two attached hydrogens (primary N) is 1. The van der Waals surface area contributed by atoms with Gasteiger partial charge < -0.3 is 5.73 Å². The number of rotatable bonds is 3. The largest absolute Gasteiger partial charge is 0.325 e. The molecule has 0 saturated heterocycles. The summed E-state index contributed by atoms with van der Waals surface area (Å²) >= 11 is 0. The van der Waals surface area contributed by atoms with Crippen LogP contribution in [0.4, 0.5) is 0 Å². The predicted molar refractivity (Wildman–Crippen MR) is 65.9 cm³/mol. The van der Waals surface area contributed by atoms with Gasteiger partial charge in [-0.1, -0.05) is 13.8 Å². The molecule has 0 bridgehead atoms. The van der Waals surface area contributed by atoms with E-state index in [2.05, 4.69) is 28.9 Å². The van der Waals surface area contributed by atoms with Gasteiger partial charge in [-0.15, -0.1) is 0 Å². The van der Waals surface area contributed by atoms with Crippen LogP contribution < -0.4 is 5.73 Å². The van der Waals surface area contributed by atoms with Gasteiger partial charge in [-0.3, -0.25) is 0 Å². The standard InChI is InChI=1S/C12H17N5/c1-8(2)12-14-6-11(10(4-13)16-12)17-7-9(3)5-15-17/h5-8H,4,13H2,1-3H3. The van der Waals surface area contributed by atoms with Crippen LogP contribution in [0.1, 0.15) is 36.8 Å². The summed E-state index contributed by atoms with van der Waals surface area (Å²) in [7, 11) is 0. The second kappa shape index (κ2) is 4.63. The molecule has 0 saturated carbocycles. The van der Waals surface area contributed by atoms with E-state index in [-0.39, 0.29) is 0 Å². The van der Waals surface area contributed by atoms with Crippen LogP contribution in [0, 0.1) is 6.92 Å². The third-order valence-electron chi connectivity index (χ3n) is 2.53. The van der Waals surface area contributed by atoms with Crippen LogP contribution in [0.3, 0.4) is 0 Å². The summed E-state index contributed by atoms with van der Waals surface area (Å²) < 4.78 is 1.77. The van der Waals surface area contributed by atoms with E-state index >= 15 is 0 Å². The van der Waals surface area contributed by atoms with Crippen molar-refractivity contribution in [2.75, 3.05) is 0 Å². The number of aryl methyl sites for hydroxylation is 1. The second-order valence-corrected chi connectivity index (χ2v) is 4.38. The molecular formula is C12H17N5. The Morgan fingerprint density at radius 1 is 1.35 bits per heavy atom. The van der Waals surface area contributed by atoms with E-state index in [1.807, 2.05) is 13.1 Å². The van der Waals surface area contributed by atoms with E-state index < -0.39 is 0 Å². The van der Waals surface area contributed by atoms with E-state index in [9.17, 15) is 0 Å². The Morgan fingerprint density at radius 2 is 2.12 bits per heavy atom. The van der Waals surface area contributed by atoms with E-state index in [4.69, 9.17) is 5.73 Å². The maximum absolute atomic E-state index is 5.73. The SMILES string of the molecule is Cc1cnn(-c2cnc(C(C)C)nc2CN)c1. The van der Waals surface area contributed by atoms with Gasteiger partial charge in [-0.05, 0) is 12.5 Å². The lowest BCUT2D eigenvalue weighted by Crippen LogP contribution is -2.11. The third-order valence-corrected chi connectivity index (χ3v) is 2.53. The van der Waals surface area contributed by atoms with Gasteiger partial charge in [0.1, 0.15) is 11.5 Å². The summed E-state index contributed by atoms with van der Waals surface area (Å²) in [6.45, 7) is 6.51. The van der Waals surface area contributed by atoms with E-state index in [1.165, 1.54) is 0 Å². The number of aromatic nitrogens is 4.